The molecule has 0 bridgehead atoms. The molecular weight excluding hydrogens is 284 g/mol. The van der Waals surface area contributed by atoms with Crippen molar-refractivity contribution in [2.75, 3.05) is 19.5 Å². The van der Waals surface area contributed by atoms with Gasteiger partial charge in [-0.25, -0.2) is 0 Å². The quantitative estimate of drug-likeness (QED) is 0.859. The van der Waals surface area contributed by atoms with Gasteiger partial charge in [0.1, 0.15) is 17.3 Å². The summed E-state index contributed by atoms with van der Waals surface area (Å²) in [7, 11) is 3.16. The van der Waals surface area contributed by atoms with E-state index in [1.807, 2.05) is 19.1 Å². The van der Waals surface area contributed by atoms with Crippen molar-refractivity contribution in [3.05, 3.63) is 41.7 Å². The first-order valence-corrected chi connectivity index (χ1v) is 6.68. The molecule has 0 aliphatic carbocycles. The number of nitrogens with one attached hydrogen (secondary N) is 1. The molecule has 1 amide bonds. The zero-order chi connectivity index (χ0) is 16.1. The van der Waals surface area contributed by atoms with Crippen LogP contribution in [0.1, 0.15) is 18.2 Å². The van der Waals surface area contributed by atoms with Crippen molar-refractivity contribution < 1.29 is 18.8 Å². The lowest BCUT2D eigenvalue weighted by molar-refractivity contribution is -0.111. The smallest absolute Gasteiger partial charge is 0.249 e. The van der Waals surface area contributed by atoms with Gasteiger partial charge in [0.2, 0.25) is 5.91 Å². The fraction of sp³-hybridized carbons (Fsp3) is 0.250. The van der Waals surface area contributed by atoms with E-state index in [0.717, 1.165) is 11.1 Å². The second kappa shape index (κ2) is 6.80. The van der Waals surface area contributed by atoms with Crippen LogP contribution in [0.3, 0.4) is 0 Å². The van der Waals surface area contributed by atoms with Gasteiger partial charge in [-0.1, -0.05) is 5.16 Å². The van der Waals surface area contributed by atoms with Gasteiger partial charge in [0.05, 0.1) is 14.2 Å². The molecule has 0 saturated heterocycles. The van der Waals surface area contributed by atoms with Crippen LogP contribution in [0.4, 0.5) is 5.82 Å². The van der Waals surface area contributed by atoms with Crippen molar-refractivity contribution >= 4 is 17.3 Å². The number of benzene rings is 1. The average Bonchev–Trinajstić information content (AvgIpc) is 2.91. The molecule has 6 heteroatoms. The van der Waals surface area contributed by atoms with E-state index >= 15 is 0 Å². The number of amides is 1. The Morgan fingerprint density at radius 1 is 1.27 bits per heavy atom. The van der Waals surface area contributed by atoms with Gasteiger partial charge in [0, 0.05) is 23.8 Å². The number of carbonyl (C=O) groups is 1. The molecule has 0 saturated carbocycles. The number of anilines is 1. The molecule has 2 aromatic rings. The summed E-state index contributed by atoms with van der Waals surface area (Å²) in [5.74, 6) is 2.05. The molecule has 0 aliphatic rings. The minimum absolute atomic E-state index is 0.288. The Labute approximate surface area is 128 Å². The maximum atomic E-state index is 12.0. The van der Waals surface area contributed by atoms with E-state index in [9.17, 15) is 4.79 Å². The van der Waals surface area contributed by atoms with Crippen LogP contribution in [0.25, 0.3) is 5.57 Å². The van der Waals surface area contributed by atoms with Crippen molar-refractivity contribution in [3.63, 3.8) is 0 Å². The zero-order valence-corrected chi connectivity index (χ0v) is 13.0. The second-order valence-electron chi connectivity index (χ2n) is 4.71. The summed E-state index contributed by atoms with van der Waals surface area (Å²) < 4.78 is 15.4. The van der Waals surface area contributed by atoms with Crippen LogP contribution in [0.2, 0.25) is 0 Å². The molecule has 1 N–H and O–H groups in total. The van der Waals surface area contributed by atoms with E-state index in [1.54, 1.807) is 33.3 Å². The lowest BCUT2D eigenvalue weighted by Gasteiger charge is -2.10. The van der Waals surface area contributed by atoms with E-state index in [-0.39, 0.29) is 5.91 Å². The maximum Gasteiger partial charge on any atom is 0.249 e. The highest BCUT2D eigenvalue weighted by molar-refractivity contribution is 6.03. The molecule has 0 aliphatic heterocycles. The van der Waals surface area contributed by atoms with Crippen LogP contribution < -0.4 is 14.8 Å². The van der Waals surface area contributed by atoms with Crippen molar-refractivity contribution in [2.45, 2.75) is 13.8 Å². The molecule has 0 spiro atoms. The molecule has 1 aromatic carbocycles. The highest BCUT2D eigenvalue weighted by atomic mass is 16.5. The lowest BCUT2D eigenvalue weighted by Crippen LogP contribution is -2.08. The number of aromatic nitrogens is 1. The van der Waals surface area contributed by atoms with Crippen LogP contribution in [-0.2, 0) is 4.79 Å². The Bertz CT molecular complexity index is 704. The molecule has 0 fully saturated rings. The van der Waals surface area contributed by atoms with Crippen molar-refractivity contribution in [1.82, 2.24) is 5.16 Å². The van der Waals surface area contributed by atoms with Crippen LogP contribution in [0.15, 0.2) is 34.9 Å². The summed E-state index contributed by atoms with van der Waals surface area (Å²) in [5.41, 5.74) is 1.58. The van der Waals surface area contributed by atoms with Crippen LogP contribution in [0, 0.1) is 6.92 Å². The third-order valence-corrected chi connectivity index (χ3v) is 3.06. The predicted octanol–water partition coefficient (Wildman–Crippen LogP) is 3.04. The number of nitrogens with zero attached hydrogens (tertiary/aromatic N) is 1. The Hall–Kier alpha value is -2.76. The molecule has 6 nitrogen and oxygen atoms in total. The third kappa shape index (κ3) is 3.66. The number of rotatable bonds is 5. The summed E-state index contributed by atoms with van der Waals surface area (Å²) in [6, 6.07) is 7.08. The normalized spacial score (nSPS) is 11.2. The number of allylic oxidation sites excluding steroid dienone is 1. The molecule has 0 atom stereocenters. The van der Waals surface area contributed by atoms with Crippen molar-refractivity contribution in [1.29, 1.82) is 0 Å². The summed E-state index contributed by atoms with van der Waals surface area (Å²) >= 11 is 0. The van der Waals surface area contributed by atoms with Crippen LogP contribution in [-0.4, -0.2) is 25.3 Å². The largest absolute Gasteiger partial charge is 0.497 e. The molecule has 116 valence electrons. The summed E-state index contributed by atoms with van der Waals surface area (Å²) in [5, 5.41) is 6.35. The zero-order valence-electron chi connectivity index (χ0n) is 13.0. The van der Waals surface area contributed by atoms with Crippen LogP contribution in [0.5, 0.6) is 11.5 Å². The SMILES string of the molecule is COc1ccc(/C(C)=C/C(=O)Nc2cc(C)on2)c(OC)c1. The number of aryl methyl sites for hydroxylation is 1. The maximum absolute atomic E-state index is 12.0. The van der Waals surface area contributed by atoms with Gasteiger partial charge in [0.25, 0.3) is 0 Å². The monoisotopic (exact) mass is 302 g/mol. The predicted molar refractivity (Wildman–Crippen MR) is 83.1 cm³/mol. The van der Waals surface area contributed by atoms with E-state index in [4.69, 9.17) is 14.0 Å². The molecule has 0 unspecified atom stereocenters. The van der Waals surface area contributed by atoms with E-state index in [2.05, 4.69) is 10.5 Å². The summed E-state index contributed by atoms with van der Waals surface area (Å²) in [6.45, 7) is 3.59. The second-order valence-corrected chi connectivity index (χ2v) is 4.71. The van der Waals surface area contributed by atoms with E-state index in [0.29, 0.717) is 23.1 Å². The standard InChI is InChI=1S/C16H18N2O4/c1-10(7-16(19)17-15-8-11(2)22-18-15)13-6-5-12(20-3)9-14(13)21-4/h5-9H,1-4H3,(H,17,18,19)/b10-7+. The molecule has 0 radical (unpaired) electrons. The molecule has 22 heavy (non-hydrogen) atoms. The Morgan fingerprint density at radius 2 is 2.05 bits per heavy atom. The summed E-state index contributed by atoms with van der Waals surface area (Å²) in [6.07, 6.45) is 1.48. The molecule has 1 aromatic heterocycles. The minimum Gasteiger partial charge on any atom is -0.497 e. The number of carbonyl (C=O) groups excluding carboxylic acids is 1. The Kier molecular flexibility index (Phi) is 4.83. The van der Waals surface area contributed by atoms with Crippen LogP contribution >= 0.6 is 0 Å². The Morgan fingerprint density at radius 3 is 2.64 bits per heavy atom. The van der Waals surface area contributed by atoms with Crippen molar-refractivity contribution in [3.8, 4) is 11.5 Å². The topological polar surface area (TPSA) is 73.6 Å². The van der Waals surface area contributed by atoms with Gasteiger partial charge >= 0.3 is 0 Å². The Balaban J connectivity index is 2.19. The van der Waals surface area contributed by atoms with Gasteiger partial charge < -0.3 is 19.3 Å². The molecular formula is C16H18N2O4. The van der Waals surface area contributed by atoms with Gasteiger partial charge in [-0.05, 0) is 31.6 Å². The lowest BCUT2D eigenvalue weighted by atomic mass is 10.1. The highest BCUT2D eigenvalue weighted by Gasteiger charge is 2.09. The number of methoxy groups -OCH3 is 2. The number of ether oxygens (including phenoxy) is 2. The van der Waals surface area contributed by atoms with E-state index < -0.39 is 0 Å². The first-order chi connectivity index (χ1) is 10.5. The first kappa shape index (κ1) is 15.6. The fourth-order valence-electron chi connectivity index (χ4n) is 1.99. The van der Waals surface area contributed by atoms with Gasteiger partial charge in [0.15, 0.2) is 5.82 Å². The minimum atomic E-state index is -0.288. The van der Waals surface area contributed by atoms with Gasteiger partial charge in [-0.2, -0.15) is 0 Å². The number of hydrogen-bond donors (Lipinski definition) is 1. The molecule has 1 heterocycles. The fourth-order valence-corrected chi connectivity index (χ4v) is 1.99. The summed E-state index contributed by atoms with van der Waals surface area (Å²) in [4.78, 5) is 12.0. The van der Waals surface area contributed by atoms with E-state index in [1.165, 1.54) is 6.08 Å². The third-order valence-electron chi connectivity index (χ3n) is 3.06. The van der Waals surface area contributed by atoms with Crippen molar-refractivity contribution in [2.24, 2.45) is 0 Å². The first-order valence-electron chi connectivity index (χ1n) is 6.68. The van der Waals surface area contributed by atoms with Gasteiger partial charge in [-0.15, -0.1) is 0 Å². The number of hydrogen-bond acceptors (Lipinski definition) is 5. The average molecular weight is 302 g/mol. The highest BCUT2D eigenvalue weighted by Crippen LogP contribution is 2.29. The van der Waals surface area contributed by atoms with Gasteiger partial charge in [-0.3, -0.25) is 4.79 Å². The molecule has 2 rings (SSSR count).